The van der Waals surface area contributed by atoms with Gasteiger partial charge in [-0.05, 0) is 12.0 Å². The number of alkyl carbamates (subject to hydrolysis) is 1. The maximum absolute atomic E-state index is 12.4. The van der Waals surface area contributed by atoms with Crippen molar-refractivity contribution in [2.45, 2.75) is 24.3 Å². The molecule has 0 aliphatic carbocycles. The molecule has 1 aliphatic heterocycles. The van der Waals surface area contributed by atoms with E-state index in [4.69, 9.17) is 15.1 Å². The number of carbonyl (C=O) groups excluding carboxylic acids is 2. The Bertz CT molecular complexity index is 791. The number of nitrogens with one attached hydrogen (secondary N) is 2. The van der Waals surface area contributed by atoms with E-state index in [0.29, 0.717) is 10.6 Å². The average molecular weight is 405 g/mol. The van der Waals surface area contributed by atoms with Crippen LogP contribution in [0.15, 0.2) is 30.3 Å². The number of hydrogen-bond acceptors (Lipinski definition) is 7. The molecule has 2 rings (SSSR count). The van der Waals surface area contributed by atoms with Gasteiger partial charge in [0.25, 0.3) is 0 Å². The van der Waals surface area contributed by atoms with E-state index >= 15 is 0 Å². The van der Waals surface area contributed by atoms with Gasteiger partial charge in [-0.15, -0.1) is 0 Å². The monoisotopic (exact) mass is 405 g/mol. The van der Waals surface area contributed by atoms with Gasteiger partial charge < -0.3 is 4.74 Å². The number of piperidine rings is 1. The quantitative estimate of drug-likeness (QED) is 0.213. The first-order valence-electron chi connectivity index (χ1n) is 7.37. The van der Waals surface area contributed by atoms with Crippen LogP contribution in [-0.2, 0) is 31.0 Å². The fourth-order valence-electron chi connectivity index (χ4n) is 2.49. The van der Waals surface area contributed by atoms with E-state index in [1.54, 1.807) is 35.1 Å². The first-order valence-corrected chi connectivity index (χ1v) is 9.72. The zero-order valence-corrected chi connectivity index (χ0v) is 15.2. The summed E-state index contributed by atoms with van der Waals surface area (Å²) in [4.78, 5) is 24.5. The van der Waals surface area contributed by atoms with Crippen molar-refractivity contribution in [3.63, 3.8) is 0 Å². The number of carbonyl (C=O) groups is 2. The molecule has 0 saturated carbocycles. The fourth-order valence-corrected chi connectivity index (χ4v) is 3.99. The molecule has 1 unspecified atom stereocenters. The Hall–Kier alpha value is -2.11. The van der Waals surface area contributed by atoms with E-state index in [0.717, 1.165) is 0 Å². The van der Waals surface area contributed by atoms with Crippen LogP contribution in [0.4, 0.5) is 4.79 Å². The molecule has 11 nitrogen and oxygen atoms in total. The van der Waals surface area contributed by atoms with Crippen LogP contribution < -0.4 is 15.9 Å². The minimum absolute atomic E-state index is 0.0704. The molecule has 0 spiro atoms. The highest BCUT2D eigenvalue weighted by molar-refractivity contribution is 7.83. The summed E-state index contributed by atoms with van der Waals surface area (Å²) in [6.45, 7) is -0.194. The van der Waals surface area contributed by atoms with Gasteiger partial charge in [0, 0.05) is 6.54 Å². The van der Waals surface area contributed by atoms with Gasteiger partial charge in [0.1, 0.15) is 12.6 Å². The highest BCUT2D eigenvalue weighted by Crippen LogP contribution is 2.32. The Morgan fingerprint density at radius 3 is 2.65 bits per heavy atom. The average Bonchev–Trinajstić information content (AvgIpc) is 2.59. The van der Waals surface area contributed by atoms with Crippen LogP contribution in [0.1, 0.15) is 12.0 Å². The molecule has 13 heteroatoms. The van der Waals surface area contributed by atoms with E-state index in [9.17, 15) is 22.6 Å². The summed E-state index contributed by atoms with van der Waals surface area (Å²) in [5, 5.41) is 0.650. The number of nitrogens with zero attached hydrogens (tertiary/aromatic N) is 1. The SMILES string of the molecule is NN1CC[C@@H](NS(=O)(=O)O)[C@](NC(=O)OCc2ccccc2)([PH+]=O)C1=O. The lowest BCUT2D eigenvalue weighted by atomic mass is 9.99. The second-order valence-electron chi connectivity index (χ2n) is 5.53. The van der Waals surface area contributed by atoms with Crippen LogP contribution in [0, 0.1) is 0 Å². The van der Waals surface area contributed by atoms with Gasteiger partial charge in [0.15, 0.2) is 0 Å². The normalized spacial score (nSPS) is 23.7. The first-order chi connectivity index (χ1) is 12.2. The number of nitrogens with two attached hydrogens (primary N) is 1. The highest BCUT2D eigenvalue weighted by atomic mass is 32.2. The lowest BCUT2D eigenvalue weighted by Gasteiger charge is -2.36. The summed E-state index contributed by atoms with van der Waals surface area (Å²) in [6, 6.07) is 7.28. The molecule has 1 aliphatic rings. The lowest BCUT2D eigenvalue weighted by Crippen LogP contribution is -2.71. The van der Waals surface area contributed by atoms with Gasteiger partial charge in [-0.2, -0.15) is 13.1 Å². The summed E-state index contributed by atoms with van der Waals surface area (Å²) >= 11 is 0. The first kappa shape index (κ1) is 20.2. The van der Waals surface area contributed by atoms with Crippen molar-refractivity contribution in [1.29, 1.82) is 0 Å². The van der Waals surface area contributed by atoms with Crippen LogP contribution in [0.25, 0.3) is 0 Å². The zero-order valence-electron chi connectivity index (χ0n) is 13.4. The van der Waals surface area contributed by atoms with Crippen molar-refractivity contribution in [3.05, 3.63) is 35.9 Å². The zero-order chi connectivity index (χ0) is 19.4. The van der Waals surface area contributed by atoms with Crippen LogP contribution in [0.3, 0.4) is 0 Å². The third-order valence-corrected chi connectivity index (χ3v) is 5.34. The van der Waals surface area contributed by atoms with Gasteiger partial charge in [0.2, 0.25) is 0 Å². The van der Waals surface area contributed by atoms with Crippen LogP contribution in [-0.4, -0.2) is 47.8 Å². The van der Waals surface area contributed by atoms with E-state index < -0.39 is 42.1 Å². The molecule has 0 aromatic heterocycles. The Morgan fingerprint density at radius 2 is 2.08 bits per heavy atom. The summed E-state index contributed by atoms with van der Waals surface area (Å²) in [5.41, 5.74) is 0.671. The van der Waals surface area contributed by atoms with Crippen molar-refractivity contribution in [1.82, 2.24) is 15.0 Å². The van der Waals surface area contributed by atoms with Gasteiger partial charge in [-0.1, -0.05) is 34.9 Å². The molecule has 5 N–H and O–H groups in total. The highest BCUT2D eigenvalue weighted by Gasteiger charge is 2.61. The van der Waals surface area contributed by atoms with Gasteiger partial charge in [-0.25, -0.2) is 10.6 Å². The Balaban J connectivity index is 2.18. The Labute approximate surface area is 150 Å². The van der Waals surface area contributed by atoms with Crippen LogP contribution in [0.2, 0.25) is 0 Å². The molecule has 1 saturated heterocycles. The maximum Gasteiger partial charge on any atom is 0.411 e. The topological polar surface area (TPSA) is 168 Å². The Kier molecular flexibility index (Phi) is 6.26. The summed E-state index contributed by atoms with van der Waals surface area (Å²) < 4.78 is 49.8. The maximum atomic E-state index is 12.4. The van der Waals surface area contributed by atoms with E-state index in [2.05, 4.69) is 5.32 Å². The predicted molar refractivity (Wildman–Crippen MR) is 90.5 cm³/mol. The van der Waals surface area contributed by atoms with Gasteiger partial charge in [-0.3, -0.25) is 19.7 Å². The summed E-state index contributed by atoms with van der Waals surface area (Å²) in [6.07, 6.45) is -1.18. The van der Waals surface area contributed by atoms with E-state index in [-0.39, 0.29) is 19.6 Å². The van der Waals surface area contributed by atoms with Crippen molar-refractivity contribution < 1.29 is 31.9 Å². The smallest absolute Gasteiger partial charge is 0.411 e. The molecule has 0 radical (unpaired) electrons. The standard InChI is InChI=1S/C13H17N4O7PS/c14-17-7-6-10(16-26(21,22)23)13(25-20,11(17)18)15-12(19)24-8-9-4-2-1-3-5-9/h1-5,10,16H,6-8,14H2,(H,15,19)(H,21,22,23)/p+1/t10-,13+/m1/s1. The van der Waals surface area contributed by atoms with Gasteiger partial charge in [0.05, 0.1) is 0 Å². The van der Waals surface area contributed by atoms with Crippen molar-refractivity contribution in [2.24, 2.45) is 5.84 Å². The second kappa shape index (κ2) is 8.06. The summed E-state index contributed by atoms with van der Waals surface area (Å²) in [5.74, 6) is 4.54. The number of hydrazine groups is 1. The van der Waals surface area contributed by atoms with Gasteiger partial charge >= 0.3 is 36.0 Å². The lowest BCUT2D eigenvalue weighted by molar-refractivity contribution is -0.138. The number of ether oxygens (including phenoxy) is 1. The third kappa shape index (κ3) is 4.74. The van der Waals surface area contributed by atoms with Crippen LogP contribution >= 0.6 is 8.46 Å². The molecule has 1 aromatic rings. The molecule has 1 fully saturated rings. The molecular weight excluding hydrogens is 387 g/mol. The number of hydrogen-bond donors (Lipinski definition) is 4. The number of benzene rings is 1. The molecular formula is C13H18N4O7PS+. The van der Waals surface area contributed by atoms with Crippen LogP contribution in [0.5, 0.6) is 0 Å². The molecule has 3 atom stereocenters. The van der Waals surface area contributed by atoms with Crippen molar-refractivity contribution in [2.75, 3.05) is 6.54 Å². The molecule has 0 bridgehead atoms. The number of amides is 2. The van der Waals surface area contributed by atoms with Crippen molar-refractivity contribution in [3.8, 4) is 0 Å². The second-order valence-corrected chi connectivity index (χ2v) is 7.71. The van der Waals surface area contributed by atoms with E-state index in [1.165, 1.54) is 0 Å². The molecule has 142 valence electrons. The molecule has 26 heavy (non-hydrogen) atoms. The molecule has 1 aromatic carbocycles. The fraction of sp³-hybridized carbons (Fsp3) is 0.385. The predicted octanol–water partition coefficient (Wildman–Crippen LogP) is -0.500. The molecule has 2 amide bonds. The third-order valence-electron chi connectivity index (χ3n) is 3.74. The largest absolute Gasteiger partial charge is 0.445 e. The minimum Gasteiger partial charge on any atom is -0.445 e. The molecule has 1 heterocycles. The van der Waals surface area contributed by atoms with E-state index in [1.807, 2.05) is 0 Å². The summed E-state index contributed by atoms with van der Waals surface area (Å²) in [7, 11) is -6.22. The minimum atomic E-state index is -4.72. The number of rotatable bonds is 6. The Morgan fingerprint density at radius 1 is 1.42 bits per heavy atom. The van der Waals surface area contributed by atoms with Crippen molar-refractivity contribution >= 4 is 30.8 Å².